The number of carboxylic acid groups (broad SMARTS) is 2. The van der Waals surface area contributed by atoms with Crippen LogP contribution in [0.1, 0.15) is 20.7 Å². The molecule has 0 heterocycles. The lowest BCUT2D eigenvalue weighted by Crippen LogP contribution is -1.95. The molecule has 0 saturated heterocycles. The van der Waals surface area contributed by atoms with Gasteiger partial charge in [-0.2, -0.15) is 0 Å². The maximum atomic E-state index is 10.3. The van der Waals surface area contributed by atoms with E-state index in [-0.39, 0.29) is 24.3 Å². The zero-order valence-corrected chi connectivity index (χ0v) is 14.0. The molecule has 0 unspecified atom stereocenters. The van der Waals surface area contributed by atoms with Crippen molar-refractivity contribution >= 4 is 11.9 Å². The van der Waals surface area contributed by atoms with Crippen molar-refractivity contribution in [2.75, 3.05) is 13.2 Å². The largest absolute Gasteiger partial charge is 0.504 e. The van der Waals surface area contributed by atoms with Crippen LogP contribution in [0.5, 0.6) is 34.5 Å². The minimum atomic E-state index is -1.29. The van der Waals surface area contributed by atoms with Gasteiger partial charge in [0, 0.05) is 0 Å². The quantitative estimate of drug-likeness (QED) is 0.305. The molecule has 0 bridgehead atoms. The van der Waals surface area contributed by atoms with Crippen LogP contribution in [0.2, 0.25) is 0 Å². The van der Waals surface area contributed by atoms with E-state index in [9.17, 15) is 9.59 Å². The molecule has 12 nitrogen and oxygen atoms in total. The van der Waals surface area contributed by atoms with E-state index in [1.165, 1.54) is 0 Å². The minimum Gasteiger partial charge on any atom is -0.504 e. The summed E-state index contributed by atoms with van der Waals surface area (Å²) in [4.78, 5) is 20.6. The average Bonchev–Trinajstić information content (AvgIpc) is 2.63. The molecule has 0 aliphatic rings. The number of hydrogen-bond donors (Lipinski definition) is 10. The Balaban J connectivity index is 0.000000439. The van der Waals surface area contributed by atoms with Crippen molar-refractivity contribution in [1.29, 1.82) is 0 Å². The number of carboxylic acids is 2. The molecule has 0 radical (unpaired) electrons. The molecule has 154 valence electrons. The second-order valence-electron chi connectivity index (χ2n) is 4.78. The topological polar surface area (TPSA) is 236 Å². The summed E-state index contributed by atoms with van der Waals surface area (Å²) in [6, 6.07) is 3.38. The molecule has 0 aromatic heterocycles. The Bertz CT molecular complexity index is 715. The molecule has 2 aromatic rings. The number of aromatic hydroxyl groups is 6. The molecule has 0 spiro atoms. The first-order valence-corrected chi connectivity index (χ1v) is 7.14. The van der Waals surface area contributed by atoms with Gasteiger partial charge in [0.05, 0.1) is 24.3 Å². The zero-order chi connectivity index (χ0) is 22.0. The van der Waals surface area contributed by atoms with E-state index in [4.69, 9.17) is 51.1 Å². The highest BCUT2D eigenvalue weighted by atomic mass is 16.4. The summed E-state index contributed by atoms with van der Waals surface area (Å²) in [5.74, 6) is -6.67. The number of rotatable bonds is 3. The highest BCUT2D eigenvalue weighted by Crippen LogP contribution is 2.35. The molecule has 0 aliphatic carbocycles. The highest BCUT2D eigenvalue weighted by molar-refractivity contribution is 5.89. The van der Waals surface area contributed by atoms with Crippen molar-refractivity contribution in [2.24, 2.45) is 0 Å². The molecule has 0 aliphatic heterocycles. The van der Waals surface area contributed by atoms with Gasteiger partial charge in [-0.15, -0.1) is 0 Å². The van der Waals surface area contributed by atoms with Crippen molar-refractivity contribution in [3.63, 3.8) is 0 Å². The van der Waals surface area contributed by atoms with Gasteiger partial charge in [-0.3, -0.25) is 0 Å². The second-order valence-corrected chi connectivity index (χ2v) is 4.78. The number of benzene rings is 2. The standard InChI is InChI=1S/2C7H6O5.C2H6O2/c2*8-4-1-3(7(11)12)2-5(9)6(4)10;3-1-2-4/h2*1-2,8-10H,(H,11,12);3-4H,1-2H2. The maximum absolute atomic E-state index is 10.3. The van der Waals surface area contributed by atoms with Gasteiger partial charge in [0.15, 0.2) is 34.5 Å². The van der Waals surface area contributed by atoms with E-state index in [1.54, 1.807) is 0 Å². The van der Waals surface area contributed by atoms with Crippen LogP contribution in [0, 0.1) is 0 Å². The van der Waals surface area contributed by atoms with Crippen LogP contribution in [-0.2, 0) is 0 Å². The number of carbonyl (C=O) groups is 2. The Hall–Kier alpha value is -3.90. The Labute approximate surface area is 156 Å². The number of aliphatic hydroxyl groups is 2. The van der Waals surface area contributed by atoms with E-state index >= 15 is 0 Å². The molecule has 0 fully saturated rings. The molecule has 10 N–H and O–H groups in total. The van der Waals surface area contributed by atoms with Crippen molar-refractivity contribution in [2.45, 2.75) is 0 Å². The highest BCUT2D eigenvalue weighted by Gasteiger charge is 2.12. The van der Waals surface area contributed by atoms with Gasteiger partial charge in [-0.05, 0) is 24.3 Å². The third kappa shape index (κ3) is 7.15. The fraction of sp³-hybridized carbons (Fsp3) is 0.125. The monoisotopic (exact) mass is 402 g/mol. The van der Waals surface area contributed by atoms with Gasteiger partial charge in [0.2, 0.25) is 0 Å². The first-order chi connectivity index (χ1) is 13.0. The van der Waals surface area contributed by atoms with Gasteiger partial charge >= 0.3 is 11.9 Å². The minimum absolute atomic E-state index is 0.125. The lowest BCUT2D eigenvalue weighted by molar-refractivity contribution is 0.0685. The Kier molecular flexibility index (Phi) is 9.42. The summed E-state index contributed by atoms with van der Waals surface area (Å²) < 4.78 is 0. The van der Waals surface area contributed by atoms with Crippen molar-refractivity contribution in [3.8, 4) is 34.5 Å². The third-order valence-electron chi connectivity index (χ3n) is 2.73. The summed E-state index contributed by atoms with van der Waals surface area (Å²) in [6.07, 6.45) is 0. The van der Waals surface area contributed by atoms with Gasteiger partial charge in [-0.25, -0.2) is 9.59 Å². The second kappa shape index (κ2) is 10.9. The number of phenols is 6. The number of aliphatic hydroxyl groups excluding tert-OH is 2. The Morgan fingerprint density at radius 1 is 0.571 bits per heavy atom. The van der Waals surface area contributed by atoms with Gasteiger partial charge < -0.3 is 51.1 Å². The van der Waals surface area contributed by atoms with Gasteiger partial charge in [0.25, 0.3) is 0 Å². The van der Waals surface area contributed by atoms with Gasteiger partial charge in [-0.1, -0.05) is 0 Å². The number of hydrogen-bond acceptors (Lipinski definition) is 10. The number of phenolic OH excluding ortho intramolecular Hbond substituents is 6. The van der Waals surface area contributed by atoms with Gasteiger partial charge in [0.1, 0.15) is 0 Å². The summed E-state index contributed by atoms with van der Waals surface area (Å²) in [7, 11) is 0. The molecular weight excluding hydrogens is 384 g/mol. The van der Waals surface area contributed by atoms with E-state index in [0.717, 1.165) is 24.3 Å². The average molecular weight is 402 g/mol. The van der Waals surface area contributed by atoms with Crippen LogP contribution in [0.3, 0.4) is 0 Å². The predicted octanol–water partition coefficient (Wildman–Crippen LogP) is -0.0258. The first kappa shape index (κ1) is 24.1. The molecule has 28 heavy (non-hydrogen) atoms. The van der Waals surface area contributed by atoms with Crippen LogP contribution in [0.25, 0.3) is 0 Å². The van der Waals surface area contributed by atoms with Crippen molar-refractivity contribution in [1.82, 2.24) is 0 Å². The maximum Gasteiger partial charge on any atom is 0.335 e. The summed E-state index contributed by atoms with van der Waals surface area (Å²) in [5.41, 5.74) is -0.578. The smallest absolute Gasteiger partial charge is 0.335 e. The van der Waals surface area contributed by atoms with Crippen LogP contribution in [0.4, 0.5) is 0 Å². The Morgan fingerprint density at radius 2 is 0.786 bits per heavy atom. The normalized spacial score (nSPS) is 9.36. The van der Waals surface area contributed by atoms with E-state index < -0.39 is 46.4 Å². The predicted molar refractivity (Wildman–Crippen MR) is 91.0 cm³/mol. The third-order valence-corrected chi connectivity index (χ3v) is 2.73. The lowest BCUT2D eigenvalue weighted by atomic mass is 10.2. The van der Waals surface area contributed by atoms with Crippen LogP contribution in [0.15, 0.2) is 24.3 Å². The van der Waals surface area contributed by atoms with E-state index in [0.29, 0.717) is 0 Å². The number of aromatic carboxylic acids is 2. The first-order valence-electron chi connectivity index (χ1n) is 7.14. The SMILES string of the molecule is O=C(O)c1cc(O)c(O)c(O)c1.O=C(O)c1cc(O)c(O)c(O)c1.OCCO. The van der Waals surface area contributed by atoms with Crippen molar-refractivity contribution in [3.05, 3.63) is 35.4 Å². The van der Waals surface area contributed by atoms with Crippen LogP contribution in [-0.4, -0.2) is 76.2 Å². The van der Waals surface area contributed by atoms with E-state index in [1.807, 2.05) is 0 Å². The molecule has 2 rings (SSSR count). The van der Waals surface area contributed by atoms with Crippen LogP contribution >= 0.6 is 0 Å². The molecule has 2 aromatic carbocycles. The molecule has 12 heteroatoms. The summed E-state index contributed by atoms with van der Waals surface area (Å²) in [6.45, 7) is -0.250. The van der Waals surface area contributed by atoms with Crippen LogP contribution < -0.4 is 0 Å². The molecular formula is C16H18O12. The van der Waals surface area contributed by atoms with Crippen molar-refractivity contribution < 1.29 is 60.7 Å². The van der Waals surface area contributed by atoms with E-state index in [2.05, 4.69) is 0 Å². The molecule has 0 atom stereocenters. The fourth-order valence-corrected chi connectivity index (χ4v) is 1.46. The lowest BCUT2D eigenvalue weighted by Gasteiger charge is -2.01. The fourth-order valence-electron chi connectivity index (χ4n) is 1.46. The summed E-state index contributed by atoms with van der Waals surface area (Å²) in [5, 5.41) is 85.2. The zero-order valence-electron chi connectivity index (χ0n) is 14.0. The summed E-state index contributed by atoms with van der Waals surface area (Å²) >= 11 is 0. The molecule has 0 saturated carbocycles. The Morgan fingerprint density at radius 3 is 0.929 bits per heavy atom. The molecule has 0 amide bonds.